The summed E-state index contributed by atoms with van der Waals surface area (Å²) in [6.45, 7) is 2.02. The average molecular weight is 251 g/mol. The van der Waals surface area contributed by atoms with Crippen LogP contribution in [0, 0.1) is 6.92 Å². The van der Waals surface area contributed by atoms with Gasteiger partial charge < -0.3 is 10.0 Å². The molecule has 1 aromatic heterocycles. The number of amides is 1. The predicted octanol–water partition coefficient (Wildman–Crippen LogP) is 2.18. The quantitative estimate of drug-likeness (QED) is 0.831. The van der Waals surface area contributed by atoms with Gasteiger partial charge in [-0.25, -0.2) is 0 Å². The Labute approximate surface area is 105 Å². The Morgan fingerprint density at radius 1 is 1.35 bits per heavy atom. The molecule has 2 atom stereocenters. The van der Waals surface area contributed by atoms with Gasteiger partial charge in [-0.05, 0) is 44.7 Å². The van der Waals surface area contributed by atoms with Crippen molar-refractivity contribution < 1.29 is 9.90 Å². The molecule has 1 amide bonds. The van der Waals surface area contributed by atoms with E-state index in [0.29, 0.717) is 0 Å². The standard InChI is InChI=1S/C13H17NO2S/c1-8-2-5-12(17-8)13(16)14-9-3-4-10(14)7-11(15)6-9/h2,5,9-11,15H,3-4,6-7H2,1H3. The van der Waals surface area contributed by atoms with Crippen LogP contribution in [0.2, 0.25) is 0 Å². The molecule has 0 aromatic carbocycles. The highest BCUT2D eigenvalue weighted by Gasteiger charge is 2.43. The zero-order valence-corrected chi connectivity index (χ0v) is 10.7. The van der Waals surface area contributed by atoms with Crippen LogP contribution in [0.25, 0.3) is 0 Å². The molecule has 4 heteroatoms. The maximum absolute atomic E-state index is 12.4. The topological polar surface area (TPSA) is 40.5 Å². The Morgan fingerprint density at radius 2 is 2.00 bits per heavy atom. The SMILES string of the molecule is Cc1ccc(C(=O)N2C3CCC2CC(O)C3)s1. The van der Waals surface area contributed by atoms with Crippen LogP contribution in [0.5, 0.6) is 0 Å². The van der Waals surface area contributed by atoms with E-state index in [1.165, 1.54) is 4.88 Å². The van der Waals surface area contributed by atoms with Crippen LogP contribution in [0.1, 0.15) is 40.2 Å². The van der Waals surface area contributed by atoms with Gasteiger partial charge >= 0.3 is 0 Å². The van der Waals surface area contributed by atoms with Gasteiger partial charge in [0.05, 0.1) is 11.0 Å². The van der Waals surface area contributed by atoms with Crippen molar-refractivity contribution >= 4 is 17.2 Å². The van der Waals surface area contributed by atoms with Gasteiger partial charge in [-0.1, -0.05) is 0 Å². The summed E-state index contributed by atoms with van der Waals surface area (Å²) in [6, 6.07) is 4.45. The number of piperidine rings is 1. The zero-order valence-electron chi connectivity index (χ0n) is 9.93. The minimum absolute atomic E-state index is 0.169. The third-order valence-corrected chi connectivity index (χ3v) is 4.88. The van der Waals surface area contributed by atoms with Gasteiger partial charge in [0.1, 0.15) is 0 Å². The summed E-state index contributed by atoms with van der Waals surface area (Å²) in [5, 5.41) is 9.73. The summed E-state index contributed by atoms with van der Waals surface area (Å²) in [5.41, 5.74) is 0. The Balaban J connectivity index is 1.83. The van der Waals surface area contributed by atoms with E-state index in [9.17, 15) is 9.90 Å². The molecular formula is C13H17NO2S. The summed E-state index contributed by atoms with van der Waals surface area (Å²) in [4.78, 5) is 16.5. The molecule has 1 N–H and O–H groups in total. The smallest absolute Gasteiger partial charge is 0.264 e. The van der Waals surface area contributed by atoms with Gasteiger partial charge in [-0.2, -0.15) is 0 Å². The Morgan fingerprint density at radius 3 is 2.53 bits per heavy atom. The first-order chi connectivity index (χ1) is 8.15. The summed E-state index contributed by atoms with van der Waals surface area (Å²) in [7, 11) is 0. The van der Waals surface area contributed by atoms with Crippen molar-refractivity contribution in [2.45, 2.75) is 50.8 Å². The lowest BCUT2D eigenvalue weighted by atomic mass is 10.00. The number of aliphatic hydroxyl groups excluding tert-OH is 1. The largest absolute Gasteiger partial charge is 0.393 e. The molecule has 3 rings (SSSR count). The monoisotopic (exact) mass is 251 g/mol. The molecule has 3 nitrogen and oxygen atoms in total. The first kappa shape index (κ1) is 11.2. The van der Waals surface area contributed by atoms with Gasteiger partial charge in [0, 0.05) is 17.0 Å². The molecule has 17 heavy (non-hydrogen) atoms. The maximum Gasteiger partial charge on any atom is 0.264 e. The van der Waals surface area contributed by atoms with Crippen molar-refractivity contribution in [3.8, 4) is 0 Å². The highest BCUT2D eigenvalue weighted by Crippen LogP contribution is 2.37. The highest BCUT2D eigenvalue weighted by molar-refractivity contribution is 7.13. The first-order valence-corrected chi connectivity index (χ1v) is 7.04. The molecule has 2 aliphatic rings. The number of fused-ring (bicyclic) bond motifs is 2. The van der Waals surface area contributed by atoms with E-state index < -0.39 is 0 Å². The molecule has 0 spiro atoms. The van der Waals surface area contributed by atoms with Crippen molar-refractivity contribution in [3.63, 3.8) is 0 Å². The number of aliphatic hydroxyl groups is 1. The lowest BCUT2D eigenvalue weighted by molar-refractivity contribution is 0.0290. The van der Waals surface area contributed by atoms with E-state index in [-0.39, 0.29) is 24.1 Å². The fourth-order valence-electron chi connectivity index (χ4n) is 3.16. The summed E-state index contributed by atoms with van der Waals surface area (Å²) in [5.74, 6) is 0.169. The minimum atomic E-state index is -0.207. The molecule has 2 fully saturated rings. The number of rotatable bonds is 1. The number of hydrogen-bond acceptors (Lipinski definition) is 3. The fourth-order valence-corrected chi connectivity index (χ4v) is 3.97. The first-order valence-electron chi connectivity index (χ1n) is 6.22. The number of carbonyl (C=O) groups excluding carboxylic acids is 1. The van der Waals surface area contributed by atoms with Crippen LogP contribution < -0.4 is 0 Å². The third-order valence-electron chi connectivity index (χ3n) is 3.89. The van der Waals surface area contributed by atoms with Crippen LogP contribution in [-0.4, -0.2) is 34.1 Å². The van der Waals surface area contributed by atoms with E-state index in [1.54, 1.807) is 11.3 Å². The minimum Gasteiger partial charge on any atom is -0.393 e. The van der Waals surface area contributed by atoms with Crippen LogP contribution >= 0.6 is 11.3 Å². The molecule has 3 heterocycles. The average Bonchev–Trinajstić information content (AvgIpc) is 2.81. The third kappa shape index (κ3) is 1.89. The zero-order chi connectivity index (χ0) is 12.0. The normalized spacial score (nSPS) is 31.9. The van der Waals surface area contributed by atoms with E-state index in [2.05, 4.69) is 0 Å². The van der Waals surface area contributed by atoms with Crippen LogP contribution in [-0.2, 0) is 0 Å². The number of aryl methyl sites for hydroxylation is 1. The molecule has 0 saturated carbocycles. The van der Waals surface area contributed by atoms with E-state index in [1.807, 2.05) is 24.0 Å². The number of nitrogens with zero attached hydrogens (tertiary/aromatic N) is 1. The van der Waals surface area contributed by atoms with Gasteiger partial charge in [-0.15, -0.1) is 11.3 Å². The molecule has 2 saturated heterocycles. The highest BCUT2D eigenvalue weighted by atomic mass is 32.1. The van der Waals surface area contributed by atoms with Crippen molar-refractivity contribution in [3.05, 3.63) is 21.9 Å². The van der Waals surface area contributed by atoms with Gasteiger partial charge in [0.25, 0.3) is 5.91 Å². The van der Waals surface area contributed by atoms with Crippen LogP contribution in [0.15, 0.2) is 12.1 Å². The Hall–Kier alpha value is -0.870. The van der Waals surface area contributed by atoms with Gasteiger partial charge in [0.2, 0.25) is 0 Å². The van der Waals surface area contributed by atoms with E-state index in [4.69, 9.17) is 0 Å². The molecule has 2 aliphatic heterocycles. The number of carbonyl (C=O) groups is 1. The van der Waals surface area contributed by atoms with E-state index in [0.717, 1.165) is 30.6 Å². The van der Waals surface area contributed by atoms with Crippen molar-refractivity contribution in [2.75, 3.05) is 0 Å². The second kappa shape index (κ2) is 4.10. The number of thiophene rings is 1. The van der Waals surface area contributed by atoms with Gasteiger partial charge in [0.15, 0.2) is 0 Å². The fraction of sp³-hybridized carbons (Fsp3) is 0.615. The lowest BCUT2D eigenvalue weighted by Crippen LogP contribution is -2.47. The van der Waals surface area contributed by atoms with E-state index >= 15 is 0 Å². The predicted molar refractivity (Wildman–Crippen MR) is 67.3 cm³/mol. The molecule has 1 aromatic rings. The molecule has 92 valence electrons. The van der Waals surface area contributed by atoms with Crippen molar-refractivity contribution in [1.82, 2.24) is 4.90 Å². The van der Waals surface area contributed by atoms with Crippen molar-refractivity contribution in [2.24, 2.45) is 0 Å². The van der Waals surface area contributed by atoms with Gasteiger partial charge in [-0.3, -0.25) is 4.79 Å². The van der Waals surface area contributed by atoms with Crippen LogP contribution in [0.4, 0.5) is 0 Å². The second-order valence-corrected chi connectivity index (χ2v) is 6.42. The molecule has 0 aliphatic carbocycles. The van der Waals surface area contributed by atoms with Crippen LogP contribution in [0.3, 0.4) is 0 Å². The molecule has 0 radical (unpaired) electrons. The Bertz CT molecular complexity index is 428. The molecule has 2 bridgehead atoms. The van der Waals surface area contributed by atoms with Crippen molar-refractivity contribution in [1.29, 1.82) is 0 Å². The summed E-state index contributed by atoms with van der Waals surface area (Å²) in [6.07, 6.45) is 3.41. The Kier molecular flexibility index (Phi) is 2.71. The molecule has 2 unspecified atom stereocenters. The molecular weight excluding hydrogens is 234 g/mol. The number of hydrogen-bond donors (Lipinski definition) is 1. The maximum atomic E-state index is 12.4. The summed E-state index contributed by atoms with van der Waals surface area (Å²) >= 11 is 1.57. The second-order valence-electron chi connectivity index (χ2n) is 5.13. The summed E-state index contributed by atoms with van der Waals surface area (Å²) < 4.78 is 0. The lowest BCUT2D eigenvalue weighted by Gasteiger charge is -2.36.